The van der Waals surface area contributed by atoms with Gasteiger partial charge in [-0.3, -0.25) is 9.59 Å². The molecule has 3 aliphatic rings. The highest BCUT2D eigenvalue weighted by molar-refractivity contribution is 6.01. The number of carboxylic acid groups (broad SMARTS) is 1. The third-order valence-corrected chi connectivity index (χ3v) is 5.95. The molecule has 2 aliphatic heterocycles. The van der Waals surface area contributed by atoms with E-state index < -0.39 is 17.4 Å². The Morgan fingerprint density at radius 1 is 1.25 bits per heavy atom. The smallest absolute Gasteiger partial charge is 0.313 e. The number of carboxylic acids is 1. The van der Waals surface area contributed by atoms with Crippen LogP contribution in [0.3, 0.4) is 0 Å². The molecule has 2 atom stereocenters. The van der Waals surface area contributed by atoms with E-state index in [4.69, 9.17) is 4.74 Å². The van der Waals surface area contributed by atoms with Crippen molar-refractivity contribution >= 4 is 11.9 Å². The monoisotopic (exact) mass is 329 g/mol. The molecule has 1 saturated heterocycles. The van der Waals surface area contributed by atoms with Crippen LogP contribution < -0.4 is 0 Å². The number of amides is 1. The average Bonchev–Trinajstić information content (AvgIpc) is 3.24. The Hall–Kier alpha value is -1.88. The molecule has 0 unspecified atom stereocenters. The summed E-state index contributed by atoms with van der Waals surface area (Å²) in [4.78, 5) is 27.3. The zero-order valence-electron chi connectivity index (χ0n) is 13.7. The summed E-state index contributed by atoms with van der Waals surface area (Å²) in [5.41, 5.74) is 0.629. The minimum Gasteiger partial charge on any atom is -0.481 e. The van der Waals surface area contributed by atoms with Crippen molar-refractivity contribution in [3.63, 3.8) is 0 Å². The lowest BCUT2D eigenvalue weighted by atomic mass is 9.71. The van der Waals surface area contributed by atoms with Gasteiger partial charge in [-0.2, -0.15) is 0 Å². The summed E-state index contributed by atoms with van der Waals surface area (Å²) in [5.74, 6) is -1.50. The van der Waals surface area contributed by atoms with Gasteiger partial charge in [-0.15, -0.1) is 0 Å². The van der Waals surface area contributed by atoms with E-state index in [-0.39, 0.29) is 12.0 Å². The molecule has 5 nitrogen and oxygen atoms in total. The fraction of sp³-hybridized carbons (Fsp3) is 0.579. The Kier molecular flexibility index (Phi) is 3.83. The third-order valence-electron chi connectivity index (χ3n) is 5.95. The van der Waals surface area contributed by atoms with Crippen molar-refractivity contribution in [2.24, 2.45) is 0 Å². The fourth-order valence-electron chi connectivity index (χ4n) is 4.90. The predicted octanol–water partition coefficient (Wildman–Crippen LogP) is 2.80. The molecule has 0 bridgehead atoms. The predicted molar refractivity (Wildman–Crippen MR) is 88.0 cm³/mol. The lowest BCUT2D eigenvalue weighted by Gasteiger charge is -2.49. The number of carbonyl (C=O) groups is 2. The Morgan fingerprint density at radius 3 is 2.67 bits per heavy atom. The normalized spacial score (nSPS) is 28.3. The minimum absolute atomic E-state index is 0.0273. The minimum atomic E-state index is -0.825. The molecule has 2 heterocycles. The molecule has 1 N–H and O–H groups in total. The maximum absolute atomic E-state index is 13.2. The second kappa shape index (κ2) is 5.88. The summed E-state index contributed by atoms with van der Waals surface area (Å²) < 4.78 is 5.75. The molecule has 1 spiro atoms. The van der Waals surface area contributed by atoms with Gasteiger partial charge in [0, 0.05) is 18.7 Å². The van der Waals surface area contributed by atoms with Gasteiger partial charge in [0.05, 0.1) is 11.6 Å². The topological polar surface area (TPSA) is 66.8 Å². The second-order valence-corrected chi connectivity index (χ2v) is 7.22. The maximum Gasteiger partial charge on any atom is 0.313 e. The Labute approximate surface area is 141 Å². The number of fused-ring (bicyclic) bond motifs is 1. The van der Waals surface area contributed by atoms with Gasteiger partial charge in [-0.1, -0.05) is 31.0 Å². The van der Waals surface area contributed by atoms with Crippen LogP contribution in [0.15, 0.2) is 24.3 Å². The Balaban J connectivity index is 1.81. The summed E-state index contributed by atoms with van der Waals surface area (Å²) in [6.07, 6.45) is 5.46. The van der Waals surface area contributed by atoms with E-state index in [9.17, 15) is 14.7 Å². The first kappa shape index (κ1) is 15.6. The molecular formula is C19H23NO4. The van der Waals surface area contributed by atoms with Crippen molar-refractivity contribution in [3.05, 3.63) is 35.4 Å². The molecule has 1 aromatic carbocycles. The molecule has 5 heteroatoms. The van der Waals surface area contributed by atoms with Crippen LogP contribution in [-0.2, 0) is 9.53 Å². The highest BCUT2D eigenvalue weighted by atomic mass is 16.5. The number of hydrogen-bond acceptors (Lipinski definition) is 3. The molecule has 1 aromatic rings. The molecule has 24 heavy (non-hydrogen) atoms. The molecule has 0 aromatic heterocycles. The van der Waals surface area contributed by atoms with Gasteiger partial charge in [-0.05, 0) is 37.3 Å². The van der Waals surface area contributed by atoms with Crippen molar-refractivity contribution in [1.29, 1.82) is 0 Å². The molecule has 0 radical (unpaired) electrons. The van der Waals surface area contributed by atoms with Crippen molar-refractivity contribution in [3.8, 4) is 0 Å². The summed E-state index contributed by atoms with van der Waals surface area (Å²) in [6, 6.07) is 7.22. The molecule has 128 valence electrons. The average molecular weight is 329 g/mol. The Morgan fingerprint density at radius 2 is 2.00 bits per heavy atom. The van der Waals surface area contributed by atoms with Crippen LogP contribution in [0, 0.1) is 0 Å². The van der Waals surface area contributed by atoms with E-state index in [1.165, 1.54) is 0 Å². The van der Waals surface area contributed by atoms with Gasteiger partial charge in [0.1, 0.15) is 5.92 Å². The number of aliphatic carboxylic acids is 1. The van der Waals surface area contributed by atoms with Crippen LogP contribution in [0.5, 0.6) is 0 Å². The van der Waals surface area contributed by atoms with Crippen molar-refractivity contribution in [1.82, 2.24) is 4.90 Å². The van der Waals surface area contributed by atoms with Gasteiger partial charge >= 0.3 is 5.97 Å². The van der Waals surface area contributed by atoms with E-state index in [2.05, 4.69) is 0 Å². The van der Waals surface area contributed by atoms with Crippen LogP contribution in [0.4, 0.5) is 0 Å². The van der Waals surface area contributed by atoms with E-state index in [0.29, 0.717) is 17.7 Å². The summed E-state index contributed by atoms with van der Waals surface area (Å²) in [7, 11) is 0. The van der Waals surface area contributed by atoms with Crippen LogP contribution in [0.1, 0.15) is 60.4 Å². The van der Waals surface area contributed by atoms with E-state index in [1.54, 1.807) is 6.07 Å². The highest BCUT2D eigenvalue weighted by Crippen LogP contribution is 2.50. The molecule has 1 aliphatic carbocycles. The number of rotatable bonds is 3. The number of benzene rings is 1. The molecular weight excluding hydrogens is 306 g/mol. The second-order valence-electron chi connectivity index (χ2n) is 7.22. The molecule has 1 saturated carbocycles. The fourth-order valence-corrected chi connectivity index (χ4v) is 4.90. The lowest BCUT2D eigenvalue weighted by molar-refractivity contribution is -0.143. The van der Waals surface area contributed by atoms with Gasteiger partial charge in [0.25, 0.3) is 5.91 Å². The van der Waals surface area contributed by atoms with E-state index in [1.807, 2.05) is 23.1 Å². The largest absolute Gasteiger partial charge is 0.481 e. The lowest BCUT2D eigenvalue weighted by Crippen LogP contribution is -2.60. The molecule has 2 fully saturated rings. The molecule has 1 amide bonds. The van der Waals surface area contributed by atoms with Gasteiger partial charge in [0.15, 0.2) is 0 Å². The van der Waals surface area contributed by atoms with Gasteiger partial charge < -0.3 is 14.7 Å². The van der Waals surface area contributed by atoms with Gasteiger partial charge in [-0.25, -0.2) is 0 Å². The summed E-state index contributed by atoms with van der Waals surface area (Å²) >= 11 is 0. The first-order chi connectivity index (χ1) is 11.6. The quantitative estimate of drug-likeness (QED) is 0.926. The van der Waals surface area contributed by atoms with Crippen LogP contribution in [0.2, 0.25) is 0 Å². The summed E-state index contributed by atoms with van der Waals surface area (Å²) in [5, 5.41) is 10.0. The number of ether oxygens (including phenoxy) is 1. The standard InChI is InChI=1S/C19H23NO4/c21-17-15-8-2-1-7-14(15)16(18(22)23)19(9-3-4-10-19)20(17)12-13-6-5-11-24-13/h1-2,7-8,13,16H,3-6,9-12H2,(H,22,23)/t13-,16+/m0/s1. The zero-order chi connectivity index (χ0) is 16.7. The third kappa shape index (κ3) is 2.25. The van der Waals surface area contributed by atoms with Crippen molar-refractivity contribution in [2.75, 3.05) is 13.2 Å². The van der Waals surface area contributed by atoms with Crippen LogP contribution in [0.25, 0.3) is 0 Å². The summed E-state index contributed by atoms with van der Waals surface area (Å²) in [6.45, 7) is 1.25. The van der Waals surface area contributed by atoms with E-state index >= 15 is 0 Å². The molecule has 4 rings (SSSR count). The number of nitrogens with zero attached hydrogens (tertiary/aromatic N) is 1. The number of carbonyl (C=O) groups excluding carboxylic acids is 1. The number of hydrogen-bond donors (Lipinski definition) is 1. The van der Waals surface area contributed by atoms with Gasteiger partial charge in [0.2, 0.25) is 0 Å². The SMILES string of the molecule is O=C(O)[C@H]1c2ccccc2C(=O)N(C[C@@H]2CCCO2)C12CCCC2. The first-order valence-corrected chi connectivity index (χ1v) is 8.89. The van der Waals surface area contributed by atoms with Crippen LogP contribution >= 0.6 is 0 Å². The van der Waals surface area contributed by atoms with Crippen molar-refractivity contribution in [2.45, 2.75) is 56.1 Å². The van der Waals surface area contributed by atoms with E-state index in [0.717, 1.165) is 45.1 Å². The Bertz CT molecular complexity index is 659. The highest BCUT2D eigenvalue weighted by Gasteiger charge is 2.56. The zero-order valence-corrected chi connectivity index (χ0v) is 13.7. The van der Waals surface area contributed by atoms with Crippen molar-refractivity contribution < 1.29 is 19.4 Å². The van der Waals surface area contributed by atoms with Crippen LogP contribution in [-0.4, -0.2) is 46.7 Å². The maximum atomic E-state index is 13.2. The first-order valence-electron chi connectivity index (χ1n) is 8.89.